The Morgan fingerprint density at radius 3 is 2.13 bits per heavy atom. The zero-order valence-corrected chi connectivity index (χ0v) is 9.84. The molecule has 0 unspecified atom stereocenters. The topological polar surface area (TPSA) is 0 Å². The highest BCUT2D eigenvalue weighted by molar-refractivity contribution is 14.1. The average molecular weight is 324 g/mol. The molecule has 0 aliphatic carbocycles. The van der Waals surface area contributed by atoms with Crippen molar-refractivity contribution in [3.63, 3.8) is 0 Å². The summed E-state index contributed by atoms with van der Waals surface area (Å²) in [5, 5.41) is 0. The van der Waals surface area contributed by atoms with Gasteiger partial charge in [-0.3, -0.25) is 0 Å². The summed E-state index contributed by atoms with van der Waals surface area (Å²) in [7, 11) is 0. The van der Waals surface area contributed by atoms with Gasteiger partial charge in [0.2, 0.25) is 0 Å². The van der Waals surface area contributed by atoms with Crippen LogP contribution in [0.4, 0.5) is 13.2 Å². The van der Waals surface area contributed by atoms with Crippen LogP contribution in [0.5, 0.6) is 0 Å². The average Bonchev–Trinajstić information content (AvgIpc) is 2.17. The predicted octanol–water partition coefficient (Wildman–Crippen LogP) is 4.67. The van der Waals surface area contributed by atoms with Crippen LogP contribution in [-0.2, 0) is 6.18 Å². The van der Waals surface area contributed by atoms with Crippen LogP contribution in [0.2, 0.25) is 0 Å². The summed E-state index contributed by atoms with van der Waals surface area (Å²) in [6.45, 7) is 3.52. The van der Waals surface area contributed by atoms with E-state index in [0.717, 1.165) is 21.3 Å². The van der Waals surface area contributed by atoms with E-state index >= 15 is 0 Å². The molecule has 0 radical (unpaired) electrons. The normalized spacial score (nSPS) is 12.7. The van der Waals surface area contributed by atoms with Gasteiger partial charge in [0, 0.05) is 3.58 Å². The van der Waals surface area contributed by atoms with Gasteiger partial charge in [0.15, 0.2) is 0 Å². The highest BCUT2D eigenvalue weighted by Gasteiger charge is 2.29. The van der Waals surface area contributed by atoms with Crippen LogP contribution in [0.1, 0.15) is 11.1 Å². The summed E-state index contributed by atoms with van der Waals surface area (Å²) >= 11 is 2.05. The van der Waals surface area contributed by atoms with Crippen molar-refractivity contribution in [3.05, 3.63) is 54.1 Å². The minimum absolute atomic E-state index is 0.631. The zero-order valence-electron chi connectivity index (χ0n) is 7.68. The van der Waals surface area contributed by atoms with Crippen LogP contribution in [0.25, 0.3) is 3.58 Å². The summed E-state index contributed by atoms with van der Waals surface area (Å²) in [4.78, 5) is 0. The highest BCUT2D eigenvalue weighted by Crippen LogP contribution is 2.31. The Hall–Kier alpha value is -0.780. The van der Waals surface area contributed by atoms with Gasteiger partial charge in [0.05, 0.1) is 5.56 Å². The Morgan fingerprint density at radius 2 is 1.73 bits per heavy atom. The van der Waals surface area contributed by atoms with Crippen LogP contribution in [0.3, 0.4) is 0 Å². The molecule has 0 aromatic heterocycles. The van der Waals surface area contributed by atoms with Crippen molar-refractivity contribution in [1.29, 1.82) is 0 Å². The molecule has 0 amide bonds. The first-order valence-electron chi connectivity index (χ1n) is 4.11. The lowest BCUT2D eigenvalue weighted by atomic mass is 10.1. The van der Waals surface area contributed by atoms with Gasteiger partial charge in [-0.05, 0) is 46.4 Å². The fourth-order valence-corrected chi connectivity index (χ4v) is 1.63. The van der Waals surface area contributed by atoms with E-state index < -0.39 is 11.7 Å². The summed E-state index contributed by atoms with van der Waals surface area (Å²) in [6, 6.07) is 5.05. The van der Waals surface area contributed by atoms with E-state index in [4.69, 9.17) is 0 Å². The molecule has 1 aromatic carbocycles. The standard InChI is InChI=1S/C11H8F3I/c1-2-3-10(15)8-4-6-9(7-5-8)11(12,13)14/h2-7H,1H2/b10-3-. The van der Waals surface area contributed by atoms with E-state index in [-0.39, 0.29) is 0 Å². The molecular formula is C11H8F3I. The molecular weight excluding hydrogens is 316 g/mol. The minimum Gasteiger partial charge on any atom is -0.166 e. The van der Waals surface area contributed by atoms with E-state index in [9.17, 15) is 13.2 Å². The Labute approximate surface area is 99.6 Å². The third kappa shape index (κ3) is 3.37. The van der Waals surface area contributed by atoms with Gasteiger partial charge in [-0.15, -0.1) is 0 Å². The summed E-state index contributed by atoms with van der Waals surface area (Å²) in [5.74, 6) is 0. The quantitative estimate of drug-likeness (QED) is 0.548. The first-order valence-corrected chi connectivity index (χ1v) is 5.19. The first kappa shape index (κ1) is 12.3. The molecule has 15 heavy (non-hydrogen) atoms. The third-order valence-corrected chi connectivity index (χ3v) is 2.73. The van der Waals surface area contributed by atoms with Gasteiger partial charge in [0.25, 0.3) is 0 Å². The molecule has 0 atom stereocenters. The smallest absolute Gasteiger partial charge is 0.166 e. The van der Waals surface area contributed by atoms with Gasteiger partial charge >= 0.3 is 6.18 Å². The fourth-order valence-electron chi connectivity index (χ4n) is 1.02. The van der Waals surface area contributed by atoms with Gasteiger partial charge in [-0.1, -0.05) is 24.8 Å². The Morgan fingerprint density at radius 1 is 1.20 bits per heavy atom. The maximum absolute atomic E-state index is 12.2. The second-order valence-electron chi connectivity index (χ2n) is 2.83. The number of hydrogen-bond acceptors (Lipinski definition) is 0. The molecule has 1 aromatic rings. The highest BCUT2D eigenvalue weighted by atomic mass is 127. The van der Waals surface area contributed by atoms with Crippen molar-refractivity contribution in [2.75, 3.05) is 0 Å². The molecule has 0 saturated heterocycles. The second kappa shape index (κ2) is 4.83. The number of halogens is 4. The van der Waals surface area contributed by atoms with Crippen LogP contribution >= 0.6 is 22.6 Å². The van der Waals surface area contributed by atoms with Crippen LogP contribution in [0, 0.1) is 0 Å². The Kier molecular flexibility index (Phi) is 3.96. The molecule has 0 nitrogen and oxygen atoms in total. The van der Waals surface area contributed by atoms with Gasteiger partial charge in [0.1, 0.15) is 0 Å². The summed E-state index contributed by atoms with van der Waals surface area (Å²) < 4.78 is 37.6. The van der Waals surface area contributed by atoms with E-state index in [0.29, 0.717) is 0 Å². The molecule has 0 aliphatic rings. The fraction of sp³-hybridized carbons (Fsp3) is 0.0909. The second-order valence-corrected chi connectivity index (χ2v) is 3.99. The lowest BCUT2D eigenvalue weighted by Gasteiger charge is -2.06. The van der Waals surface area contributed by atoms with Gasteiger partial charge < -0.3 is 0 Å². The lowest BCUT2D eigenvalue weighted by Crippen LogP contribution is -2.04. The van der Waals surface area contributed by atoms with Crippen LogP contribution in [-0.4, -0.2) is 0 Å². The van der Waals surface area contributed by atoms with Crippen molar-refractivity contribution >= 4 is 26.2 Å². The van der Waals surface area contributed by atoms with Crippen molar-refractivity contribution in [2.24, 2.45) is 0 Å². The zero-order chi connectivity index (χ0) is 11.5. The molecule has 0 N–H and O–H groups in total. The summed E-state index contributed by atoms with van der Waals surface area (Å²) in [5.41, 5.74) is 0.123. The molecule has 0 saturated carbocycles. The molecule has 0 spiro atoms. The van der Waals surface area contributed by atoms with E-state index in [1.165, 1.54) is 12.1 Å². The SMILES string of the molecule is C=C/C=C(\I)c1ccc(C(F)(F)F)cc1. The molecule has 4 heteroatoms. The molecule has 0 aliphatic heterocycles. The van der Waals surface area contributed by atoms with Crippen LogP contribution in [0.15, 0.2) is 43.0 Å². The van der Waals surface area contributed by atoms with Crippen molar-refractivity contribution in [2.45, 2.75) is 6.18 Å². The maximum atomic E-state index is 12.2. The maximum Gasteiger partial charge on any atom is 0.416 e. The summed E-state index contributed by atoms with van der Waals surface area (Å²) in [6.07, 6.45) is -0.936. The van der Waals surface area contributed by atoms with Crippen molar-refractivity contribution in [3.8, 4) is 0 Å². The van der Waals surface area contributed by atoms with E-state index in [1.807, 2.05) is 22.6 Å². The van der Waals surface area contributed by atoms with E-state index in [1.54, 1.807) is 12.2 Å². The van der Waals surface area contributed by atoms with Crippen molar-refractivity contribution in [1.82, 2.24) is 0 Å². The van der Waals surface area contributed by atoms with E-state index in [2.05, 4.69) is 6.58 Å². The monoisotopic (exact) mass is 324 g/mol. The number of allylic oxidation sites excluding steroid dienone is 2. The van der Waals surface area contributed by atoms with Gasteiger partial charge in [-0.2, -0.15) is 13.2 Å². The first-order chi connectivity index (χ1) is 6.95. The minimum atomic E-state index is -4.27. The lowest BCUT2D eigenvalue weighted by molar-refractivity contribution is -0.137. The molecule has 1 rings (SSSR count). The molecule has 0 bridgehead atoms. The number of hydrogen-bond donors (Lipinski definition) is 0. The molecule has 0 fully saturated rings. The molecule has 80 valence electrons. The van der Waals surface area contributed by atoms with Gasteiger partial charge in [-0.25, -0.2) is 0 Å². The third-order valence-electron chi connectivity index (χ3n) is 1.75. The Bertz CT molecular complexity index is 374. The Balaban J connectivity index is 3.00. The number of benzene rings is 1. The number of alkyl halides is 3. The largest absolute Gasteiger partial charge is 0.416 e. The predicted molar refractivity (Wildman–Crippen MR) is 63.6 cm³/mol. The van der Waals surface area contributed by atoms with Crippen LogP contribution < -0.4 is 0 Å². The number of rotatable bonds is 2. The van der Waals surface area contributed by atoms with Crippen molar-refractivity contribution < 1.29 is 13.2 Å². The molecule has 0 heterocycles.